The monoisotopic (exact) mass is 323 g/mol. The highest BCUT2D eigenvalue weighted by atomic mass is 16.2. The first-order chi connectivity index (χ1) is 11.6. The number of benzene rings is 2. The van der Waals surface area contributed by atoms with Crippen molar-refractivity contribution in [3.05, 3.63) is 64.6 Å². The first-order valence-corrected chi connectivity index (χ1v) is 8.14. The van der Waals surface area contributed by atoms with Crippen molar-refractivity contribution in [3.63, 3.8) is 0 Å². The molecule has 0 aliphatic rings. The Hall–Kier alpha value is -2.82. The Morgan fingerprint density at radius 3 is 2.42 bits per heavy atom. The van der Waals surface area contributed by atoms with Crippen LogP contribution in [0.5, 0.6) is 0 Å². The molecule has 1 amide bonds. The Kier molecular flexibility index (Phi) is 4.51. The van der Waals surface area contributed by atoms with Gasteiger partial charge in [0.15, 0.2) is 0 Å². The lowest BCUT2D eigenvalue weighted by Gasteiger charge is -2.07. The zero-order valence-electron chi connectivity index (χ0n) is 14.0. The van der Waals surface area contributed by atoms with E-state index in [0.717, 1.165) is 22.3 Å². The van der Waals surface area contributed by atoms with E-state index in [1.165, 1.54) is 0 Å². The second-order valence-electron chi connectivity index (χ2n) is 5.83. The Bertz CT molecular complexity index is 937. The van der Waals surface area contributed by atoms with Crippen molar-refractivity contribution in [1.82, 2.24) is 9.13 Å². The highest BCUT2D eigenvalue weighted by Crippen LogP contribution is 2.14. The number of rotatable bonds is 5. The molecule has 0 atom stereocenters. The standard InChI is InChI=1S/C19H21N3O2/c1-3-21-16-9-4-5-10-17(16)22(19(21)24)12-11-18(23)20-15-8-6-7-14(2)13-15/h4-10,13H,3,11-12H2,1-2H3,(H,20,23). The second kappa shape index (κ2) is 6.74. The van der Waals surface area contributed by atoms with Gasteiger partial charge < -0.3 is 5.32 Å². The molecule has 0 saturated carbocycles. The number of hydrogen-bond donors (Lipinski definition) is 1. The minimum atomic E-state index is -0.0965. The SMILES string of the molecule is CCn1c(=O)n(CCC(=O)Nc2cccc(C)c2)c2ccccc21. The molecule has 0 aliphatic heterocycles. The summed E-state index contributed by atoms with van der Waals surface area (Å²) in [6.07, 6.45) is 0.256. The zero-order chi connectivity index (χ0) is 17.1. The molecule has 1 N–H and O–H groups in total. The molecule has 1 aromatic heterocycles. The minimum absolute atomic E-state index is 0.0675. The Balaban J connectivity index is 1.77. The predicted octanol–water partition coefficient (Wildman–Crippen LogP) is 3.16. The maximum Gasteiger partial charge on any atom is 0.329 e. The van der Waals surface area contributed by atoms with Gasteiger partial charge in [-0.25, -0.2) is 4.79 Å². The lowest BCUT2D eigenvalue weighted by Crippen LogP contribution is -2.25. The molecule has 0 saturated heterocycles. The van der Waals surface area contributed by atoms with Crippen LogP contribution in [0.1, 0.15) is 18.9 Å². The summed E-state index contributed by atoms with van der Waals surface area (Å²) in [5.74, 6) is -0.0965. The number of amides is 1. The number of aromatic nitrogens is 2. The molecule has 5 nitrogen and oxygen atoms in total. The number of carbonyl (C=O) groups is 1. The quantitative estimate of drug-likeness (QED) is 0.784. The largest absolute Gasteiger partial charge is 0.329 e. The van der Waals surface area contributed by atoms with Gasteiger partial charge in [0.25, 0.3) is 0 Å². The summed E-state index contributed by atoms with van der Waals surface area (Å²) >= 11 is 0. The van der Waals surface area contributed by atoms with Gasteiger partial charge in [-0.05, 0) is 43.7 Å². The minimum Gasteiger partial charge on any atom is -0.326 e. The van der Waals surface area contributed by atoms with E-state index in [2.05, 4.69) is 5.32 Å². The van der Waals surface area contributed by atoms with Crippen molar-refractivity contribution in [2.24, 2.45) is 0 Å². The van der Waals surface area contributed by atoms with E-state index in [4.69, 9.17) is 0 Å². The van der Waals surface area contributed by atoms with Crippen LogP contribution in [-0.2, 0) is 17.9 Å². The van der Waals surface area contributed by atoms with Gasteiger partial charge in [0.2, 0.25) is 5.91 Å². The molecule has 24 heavy (non-hydrogen) atoms. The topological polar surface area (TPSA) is 56.0 Å². The lowest BCUT2D eigenvalue weighted by atomic mass is 10.2. The van der Waals surface area contributed by atoms with Crippen molar-refractivity contribution in [3.8, 4) is 0 Å². The van der Waals surface area contributed by atoms with E-state index in [9.17, 15) is 9.59 Å². The first-order valence-electron chi connectivity index (χ1n) is 8.14. The maximum atomic E-state index is 12.5. The summed E-state index contributed by atoms with van der Waals surface area (Å²) in [5, 5.41) is 2.88. The van der Waals surface area contributed by atoms with Crippen molar-refractivity contribution in [2.45, 2.75) is 33.4 Å². The van der Waals surface area contributed by atoms with Gasteiger partial charge in [-0.15, -0.1) is 0 Å². The van der Waals surface area contributed by atoms with Crippen LogP contribution < -0.4 is 11.0 Å². The van der Waals surface area contributed by atoms with E-state index >= 15 is 0 Å². The van der Waals surface area contributed by atoms with Crippen LogP contribution in [0.15, 0.2) is 53.3 Å². The molecule has 1 heterocycles. The number of aryl methyl sites for hydroxylation is 3. The van der Waals surface area contributed by atoms with Gasteiger partial charge in [-0.2, -0.15) is 0 Å². The van der Waals surface area contributed by atoms with Gasteiger partial charge in [0, 0.05) is 25.2 Å². The average molecular weight is 323 g/mol. The summed E-state index contributed by atoms with van der Waals surface area (Å²) in [6.45, 7) is 4.91. The highest BCUT2D eigenvalue weighted by Gasteiger charge is 2.12. The van der Waals surface area contributed by atoms with E-state index in [1.807, 2.05) is 62.4 Å². The number of carbonyl (C=O) groups excluding carboxylic acids is 1. The van der Waals surface area contributed by atoms with Crippen LogP contribution in [0.3, 0.4) is 0 Å². The summed E-state index contributed by atoms with van der Waals surface area (Å²) in [7, 11) is 0. The van der Waals surface area contributed by atoms with Crippen LogP contribution in [0.25, 0.3) is 11.0 Å². The van der Waals surface area contributed by atoms with Crippen LogP contribution in [0.4, 0.5) is 5.69 Å². The fraction of sp³-hybridized carbons (Fsp3) is 0.263. The number of para-hydroxylation sites is 2. The van der Waals surface area contributed by atoms with Gasteiger partial charge >= 0.3 is 5.69 Å². The van der Waals surface area contributed by atoms with Crippen LogP contribution in [-0.4, -0.2) is 15.0 Å². The predicted molar refractivity (Wildman–Crippen MR) is 96.3 cm³/mol. The Morgan fingerprint density at radius 1 is 1.04 bits per heavy atom. The molecule has 3 rings (SSSR count). The summed E-state index contributed by atoms with van der Waals surface area (Å²) in [6, 6.07) is 15.4. The zero-order valence-corrected chi connectivity index (χ0v) is 14.0. The van der Waals surface area contributed by atoms with Crippen LogP contribution in [0.2, 0.25) is 0 Å². The van der Waals surface area contributed by atoms with Crippen molar-refractivity contribution in [2.75, 3.05) is 5.32 Å². The fourth-order valence-electron chi connectivity index (χ4n) is 2.95. The smallest absolute Gasteiger partial charge is 0.326 e. The fourth-order valence-corrected chi connectivity index (χ4v) is 2.95. The van der Waals surface area contributed by atoms with Crippen molar-refractivity contribution < 1.29 is 4.79 Å². The number of imidazole rings is 1. The van der Waals surface area contributed by atoms with Crippen LogP contribution in [0, 0.1) is 6.92 Å². The van der Waals surface area contributed by atoms with Crippen molar-refractivity contribution >= 4 is 22.6 Å². The van der Waals surface area contributed by atoms with E-state index < -0.39 is 0 Å². The number of hydrogen-bond acceptors (Lipinski definition) is 2. The molecule has 3 aromatic rings. The third kappa shape index (κ3) is 3.11. The average Bonchev–Trinajstić information content (AvgIpc) is 2.84. The number of nitrogens with zero attached hydrogens (tertiary/aromatic N) is 2. The summed E-state index contributed by atoms with van der Waals surface area (Å²) in [5.41, 5.74) is 3.58. The highest BCUT2D eigenvalue weighted by molar-refractivity contribution is 5.90. The summed E-state index contributed by atoms with van der Waals surface area (Å²) in [4.78, 5) is 24.7. The third-order valence-corrected chi connectivity index (χ3v) is 4.11. The Labute approximate surface area is 140 Å². The molecule has 0 bridgehead atoms. The molecule has 0 aliphatic carbocycles. The van der Waals surface area contributed by atoms with E-state index in [0.29, 0.717) is 13.1 Å². The molecule has 0 unspecified atom stereocenters. The van der Waals surface area contributed by atoms with Gasteiger partial charge in [0.05, 0.1) is 11.0 Å². The number of nitrogens with one attached hydrogen (secondary N) is 1. The molecular weight excluding hydrogens is 302 g/mol. The Morgan fingerprint density at radius 2 is 1.75 bits per heavy atom. The second-order valence-corrected chi connectivity index (χ2v) is 5.83. The molecule has 0 radical (unpaired) electrons. The van der Waals surface area contributed by atoms with E-state index in [1.54, 1.807) is 9.13 Å². The molecule has 5 heteroatoms. The van der Waals surface area contributed by atoms with Gasteiger partial charge in [-0.1, -0.05) is 24.3 Å². The lowest BCUT2D eigenvalue weighted by molar-refractivity contribution is -0.116. The molecule has 2 aromatic carbocycles. The third-order valence-electron chi connectivity index (χ3n) is 4.11. The maximum absolute atomic E-state index is 12.5. The molecule has 124 valence electrons. The van der Waals surface area contributed by atoms with Gasteiger partial charge in [0.1, 0.15) is 0 Å². The number of fused-ring (bicyclic) bond motifs is 1. The van der Waals surface area contributed by atoms with E-state index in [-0.39, 0.29) is 18.0 Å². The van der Waals surface area contributed by atoms with Gasteiger partial charge in [-0.3, -0.25) is 13.9 Å². The normalized spacial score (nSPS) is 10.9. The molecule has 0 spiro atoms. The summed E-state index contributed by atoms with van der Waals surface area (Å²) < 4.78 is 3.41. The first kappa shape index (κ1) is 16.1. The number of anilines is 1. The molecule has 0 fully saturated rings. The van der Waals surface area contributed by atoms with Crippen molar-refractivity contribution in [1.29, 1.82) is 0 Å². The van der Waals surface area contributed by atoms with Crippen LogP contribution >= 0.6 is 0 Å². The molecular formula is C19H21N3O2.